The van der Waals surface area contributed by atoms with E-state index < -0.39 is 6.04 Å². The number of amides is 2. The first-order chi connectivity index (χ1) is 10.4. The summed E-state index contributed by atoms with van der Waals surface area (Å²) in [7, 11) is 2.22. The van der Waals surface area contributed by atoms with Gasteiger partial charge in [0.15, 0.2) is 0 Å². The Morgan fingerprint density at radius 3 is 2.55 bits per heavy atom. The summed E-state index contributed by atoms with van der Waals surface area (Å²) in [6.07, 6.45) is 1.64. The minimum Gasteiger partial charge on any atom is -0.356 e. The molecular formula is C16H26N4O2. The lowest BCUT2D eigenvalue weighted by molar-refractivity contribution is -0.123. The highest BCUT2D eigenvalue weighted by Gasteiger charge is 2.60. The molecule has 2 heterocycles. The molecular weight excluding hydrogens is 280 g/mol. The summed E-state index contributed by atoms with van der Waals surface area (Å²) in [5, 5.41) is 13.6. The van der Waals surface area contributed by atoms with E-state index in [1.165, 1.54) is 13.1 Å². The summed E-state index contributed by atoms with van der Waals surface area (Å²) in [5.74, 6) is 1.91. The molecule has 6 heteroatoms. The average Bonchev–Trinajstić information content (AvgIpc) is 2.86. The van der Waals surface area contributed by atoms with E-state index in [4.69, 9.17) is 5.26 Å². The zero-order valence-corrected chi connectivity index (χ0v) is 13.6. The lowest BCUT2D eigenvalue weighted by Crippen LogP contribution is -2.31. The fourth-order valence-electron chi connectivity index (χ4n) is 3.72. The summed E-state index contributed by atoms with van der Waals surface area (Å²) in [4.78, 5) is 23.6. The van der Waals surface area contributed by atoms with Crippen molar-refractivity contribution in [3.05, 3.63) is 0 Å². The van der Waals surface area contributed by atoms with E-state index in [2.05, 4.69) is 36.4 Å². The van der Waals surface area contributed by atoms with E-state index in [1.807, 2.05) is 6.07 Å². The number of piperidine rings is 1. The van der Waals surface area contributed by atoms with Crippen molar-refractivity contribution in [3.63, 3.8) is 0 Å². The van der Waals surface area contributed by atoms with Crippen LogP contribution in [0.4, 0.5) is 0 Å². The highest BCUT2D eigenvalue weighted by molar-refractivity contribution is 5.80. The number of nitrogens with one attached hydrogen (secondary N) is 2. The molecule has 0 aromatic rings. The van der Waals surface area contributed by atoms with E-state index in [-0.39, 0.29) is 11.8 Å². The largest absolute Gasteiger partial charge is 0.356 e. The number of likely N-dealkylation sites (tertiary alicyclic amines) is 1. The molecule has 3 fully saturated rings. The van der Waals surface area contributed by atoms with Gasteiger partial charge in [-0.2, -0.15) is 5.26 Å². The van der Waals surface area contributed by atoms with E-state index in [9.17, 15) is 9.59 Å². The number of carbonyl (C=O) groups is 2. The smallest absolute Gasteiger partial charge is 0.223 e. The topological polar surface area (TPSA) is 85.2 Å². The molecule has 0 aromatic heterocycles. The van der Waals surface area contributed by atoms with Crippen molar-refractivity contribution >= 4 is 12.3 Å². The lowest BCUT2D eigenvalue weighted by atomic mass is 9.99. The van der Waals surface area contributed by atoms with E-state index >= 15 is 0 Å². The van der Waals surface area contributed by atoms with Crippen LogP contribution in [0.25, 0.3) is 0 Å². The van der Waals surface area contributed by atoms with Gasteiger partial charge >= 0.3 is 0 Å². The SMILES string of the molecule is CN1CC2C(C1)C2(C)C.N#CC(CC1CCNC1=O)NC=O. The molecule has 2 aliphatic heterocycles. The van der Waals surface area contributed by atoms with Gasteiger partial charge in [0.1, 0.15) is 6.04 Å². The van der Waals surface area contributed by atoms with Gasteiger partial charge in [-0.25, -0.2) is 0 Å². The Balaban J connectivity index is 0.000000170. The van der Waals surface area contributed by atoms with Crippen LogP contribution < -0.4 is 10.6 Å². The van der Waals surface area contributed by atoms with Gasteiger partial charge in [0.25, 0.3) is 0 Å². The lowest BCUT2D eigenvalue weighted by Gasteiger charge is -2.15. The molecule has 22 heavy (non-hydrogen) atoms. The van der Waals surface area contributed by atoms with Gasteiger partial charge in [-0.1, -0.05) is 13.8 Å². The Hall–Kier alpha value is -1.61. The minimum atomic E-state index is -0.550. The van der Waals surface area contributed by atoms with Crippen LogP contribution in [0.3, 0.4) is 0 Å². The number of rotatable bonds is 4. The fourth-order valence-corrected chi connectivity index (χ4v) is 3.72. The maximum atomic E-state index is 11.1. The molecule has 0 spiro atoms. The molecule has 122 valence electrons. The van der Waals surface area contributed by atoms with Crippen LogP contribution in [0.1, 0.15) is 26.7 Å². The van der Waals surface area contributed by atoms with Gasteiger partial charge in [-0.15, -0.1) is 0 Å². The quantitative estimate of drug-likeness (QED) is 0.734. The molecule has 0 bridgehead atoms. The summed E-state index contributed by atoms with van der Waals surface area (Å²) in [5.41, 5.74) is 0.701. The number of nitriles is 1. The Labute approximate surface area is 132 Å². The molecule has 2 saturated heterocycles. The van der Waals surface area contributed by atoms with Gasteiger partial charge in [0.05, 0.1) is 6.07 Å². The second-order valence-corrected chi connectivity index (χ2v) is 7.23. The third-order valence-electron chi connectivity index (χ3n) is 5.41. The zero-order chi connectivity index (χ0) is 16.3. The highest BCUT2D eigenvalue weighted by atomic mass is 16.2. The highest BCUT2D eigenvalue weighted by Crippen LogP contribution is 2.61. The molecule has 4 atom stereocenters. The summed E-state index contributed by atoms with van der Waals surface area (Å²) >= 11 is 0. The monoisotopic (exact) mass is 306 g/mol. The summed E-state index contributed by atoms with van der Waals surface area (Å²) < 4.78 is 0. The van der Waals surface area contributed by atoms with Crippen molar-refractivity contribution < 1.29 is 9.59 Å². The molecule has 2 N–H and O–H groups in total. The molecule has 4 unspecified atom stereocenters. The van der Waals surface area contributed by atoms with Crippen LogP contribution in [0.15, 0.2) is 0 Å². The molecule has 3 aliphatic rings. The van der Waals surface area contributed by atoms with Crippen LogP contribution in [0.5, 0.6) is 0 Å². The number of carbonyl (C=O) groups excluding carboxylic acids is 2. The zero-order valence-electron chi connectivity index (χ0n) is 13.6. The fraction of sp³-hybridized carbons (Fsp3) is 0.812. The molecule has 3 rings (SSSR count). The number of hydrogen-bond donors (Lipinski definition) is 2. The standard InChI is InChI=1S/C8H11N3O2.C8H15N/c9-4-7(11-5-12)3-6-1-2-10-8(6)13;1-8(2)6-4-9(3)5-7(6)8/h5-7H,1-3H2,(H,10,13)(H,11,12);6-7H,4-5H2,1-3H3. The van der Waals surface area contributed by atoms with E-state index in [1.54, 1.807) is 0 Å². The molecule has 6 nitrogen and oxygen atoms in total. The van der Waals surface area contributed by atoms with Crippen LogP contribution >= 0.6 is 0 Å². The first-order valence-corrected chi connectivity index (χ1v) is 7.95. The third kappa shape index (κ3) is 3.58. The number of fused-ring (bicyclic) bond motifs is 1. The van der Waals surface area contributed by atoms with E-state index in [0.717, 1.165) is 18.3 Å². The summed E-state index contributed by atoms with van der Waals surface area (Å²) in [6.45, 7) is 8.16. The van der Waals surface area contributed by atoms with Crippen molar-refractivity contribution in [1.29, 1.82) is 5.26 Å². The first kappa shape index (κ1) is 16.8. The molecule has 0 radical (unpaired) electrons. The molecule has 2 amide bonds. The van der Waals surface area contributed by atoms with Gasteiger partial charge in [0.2, 0.25) is 12.3 Å². The molecule has 0 aromatic carbocycles. The normalized spacial score (nSPS) is 32.8. The van der Waals surface area contributed by atoms with Crippen molar-refractivity contribution in [2.24, 2.45) is 23.2 Å². The Morgan fingerprint density at radius 1 is 1.50 bits per heavy atom. The second-order valence-electron chi connectivity index (χ2n) is 7.23. The van der Waals surface area contributed by atoms with Crippen LogP contribution in [-0.4, -0.2) is 49.9 Å². The van der Waals surface area contributed by atoms with Crippen molar-refractivity contribution in [2.75, 3.05) is 26.7 Å². The summed E-state index contributed by atoms with van der Waals surface area (Å²) in [6, 6.07) is 1.38. The molecule has 1 saturated carbocycles. The van der Waals surface area contributed by atoms with Crippen molar-refractivity contribution in [1.82, 2.24) is 15.5 Å². The Bertz CT molecular complexity index is 457. The Morgan fingerprint density at radius 2 is 2.14 bits per heavy atom. The predicted octanol–water partition coefficient (Wildman–Crippen LogP) is 0.355. The van der Waals surface area contributed by atoms with Crippen LogP contribution in [0, 0.1) is 34.5 Å². The number of nitrogens with zero attached hydrogens (tertiary/aromatic N) is 2. The average molecular weight is 306 g/mol. The molecule has 1 aliphatic carbocycles. The van der Waals surface area contributed by atoms with Gasteiger partial charge in [-0.05, 0) is 37.1 Å². The third-order valence-corrected chi connectivity index (χ3v) is 5.41. The van der Waals surface area contributed by atoms with Crippen molar-refractivity contribution in [3.8, 4) is 6.07 Å². The predicted molar refractivity (Wildman–Crippen MR) is 82.6 cm³/mol. The maximum absolute atomic E-state index is 11.1. The van der Waals surface area contributed by atoms with Gasteiger partial charge in [-0.3, -0.25) is 9.59 Å². The van der Waals surface area contributed by atoms with Gasteiger partial charge in [0, 0.05) is 25.6 Å². The van der Waals surface area contributed by atoms with Crippen molar-refractivity contribution in [2.45, 2.75) is 32.7 Å². The first-order valence-electron chi connectivity index (χ1n) is 7.95. The minimum absolute atomic E-state index is 0.0204. The maximum Gasteiger partial charge on any atom is 0.223 e. The van der Waals surface area contributed by atoms with Crippen LogP contribution in [0.2, 0.25) is 0 Å². The van der Waals surface area contributed by atoms with Crippen LogP contribution in [-0.2, 0) is 9.59 Å². The second kappa shape index (κ2) is 6.66. The van der Waals surface area contributed by atoms with Gasteiger partial charge < -0.3 is 15.5 Å². The Kier molecular flexibility index (Phi) is 5.07. The number of hydrogen-bond acceptors (Lipinski definition) is 4. The van der Waals surface area contributed by atoms with E-state index in [0.29, 0.717) is 24.8 Å².